The molecule has 182 valence electrons. The van der Waals surface area contributed by atoms with Crippen LogP contribution < -0.4 is 15.6 Å². The van der Waals surface area contributed by atoms with Crippen LogP contribution in [-0.4, -0.2) is 40.6 Å². The Morgan fingerprint density at radius 3 is 2.19 bits per heavy atom. The SMILES string of the molecule is CC(=O)Nc1ccc(N2C(=O)CC(N(NC(=O)c3ccccc3F)C(=O)c3ccccc3)C2=O)cc1. The number of halogens is 1. The molecule has 1 fully saturated rings. The number of nitrogens with one attached hydrogen (secondary N) is 2. The molecule has 1 atom stereocenters. The fourth-order valence-corrected chi connectivity index (χ4v) is 3.79. The number of hydrogen-bond donors (Lipinski definition) is 2. The number of benzene rings is 3. The van der Waals surface area contributed by atoms with Gasteiger partial charge in [0.05, 0.1) is 17.7 Å². The van der Waals surface area contributed by atoms with E-state index in [9.17, 15) is 28.4 Å². The third-order valence-corrected chi connectivity index (χ3v) is 5.46. The summed E-state index contributed by atoms with van der Waals surface area (Å²) in [5.41, 5.74) is 2.86. The molecule has 1 unspecified atom stereocenters. The van der Waals surface area contributed by atoms with E-state index < -0.39 is 41.9 Å². The number of carbonyl (C=O) groups excluding carboxylic acids is 5. The van der Waals surface area contributed by atoms with Gasteiger partial charge in [0.25, 0.3) is 17.7 Å². The fourth-order valence-electron chi connectivity index (χ4n) is 3.79. The summed E-state index contributed by atoms with van der Waals surface area (Å²) in [5, 5.41) is 3.36. The molecular formula is C26H21FN4O5. The Morgan fingerprint density at radius 1 is 0.917 bits per heavy atom. The molecule has 1 aliphatic rings. The van der Waals surface area contributed by atoms with Crippen molar-refractivity contribution >= 4 is 40.9 Å². The van der Waals surface area contributed by atoms with Crippen LogP contribution in [0, 0.1) is 5.82 Å². The van der Waals surface area contributed by atoms with Gasteiger partial charge in [0.1, 0.15) is 11.9 Å². The highest BCUT2D eigenvalue weighted by atomic mass is 19.1. The molecule has 0 aromatic heterocycles. The number of nitrogens with zero attached hydrogens (tertiary/aromatic N) is 2. The first-order valence-electron chi connectivity index (χ1n) is 10.9. The van der Waals surface area contributed by atoms with Crippen molar-refractivity contribution < 1.29 is 28.4 Å². The Balaban J connectivity index is 1.65. The largest absolute Gasteiger partial charge is 0.326 e. The highest BCUT2D eigenvalue weighted by Crippen LogP contribution is 2.27. The minimum Gasteiger partial charge on any atom is -0.326 e. The average Bonchev–Trinajstić information content (AvgIpc) is 3.16. The standard InChI is InChI=1S/C26H21FN4O5/c1-16(32)28-18-11-13-19(14-12-18)30-23(33)15-22(26(30)36)31(25(35)17-7-3-2-4-8-17)29-24(34)20-9-5-6-10-21(20)27/h2-14,22H,15H2,1H3,(H,28,32)(H,29,34). The zero-order valence-electron chi connectivity index (χ0n) is 19.1. The number of anilines is 2. The van der Waals surface area contributed by atoms with Crippen LogP contribution in [0.1, 0.15) is 34.1 Å². The van der Waals surface area contributed by atoms with Crippen LogP contribution in [0.4, 0.5) is 15.8 Å². The van der Waals surface area contributed by atoms with Gasteiger partial charge in [-0.3, -0.25) is 29.4 Å². The van der Waals surface area contributed by atoms with E-state index in [2.05, 4.69) is 10.7 Å². The lowest BCUT2D eigenvalue weighted by Gasteiger charge is -2.28. The summed E-state index contributed by atoms with van der Waals surface area (Å²) in [6, 6.07) is 17.7. The van der Waals surface area contributed by atoms with E-state index in [-0.39, 0.29) is 22.7 Å². The van der Waals surface area contributed by atoms with E-state index >= 15 is 0 Å². The summed E-state index contributed by atoms with van der Waals surface area (Å²) in [6.45, 7) is 1.35. The van der Waals surface area contributed by atoms with Crippen molar-refractivity contribution in [2.75, 3.05) is 10.2 Å². The second-order valence-corrected chi connectivity index (χ2v) is 7.98. The minimum atomic E-state index is -1.36. The van der Waals surface area contributed by atoms with Crippen LogP contribution in [0.5, 0.6) is 0 Å². The van der Waals surface area contributed by atoms with E-state index in [4.69, 9.17) is 0 Å². The fraction of sp³-hybridized carbons (Fsp3) is 0.115. The van der Waals surface area contributed by atoms with E-state index in [1.54, 1.807) is 18.2 Å². The number of amides is 5. The lowest BCUT2D eigenvalue weighted by Crippen LogP contribution is -2.54. The Bertz CT molecular complexity index is 1340. The van der Waals surface area contributed by atoms with Crippen molar-refractivity contribution in [2.24, 2.45) is 0 Å². The lowest BCUT2D eigenvalue weighted by atomic mass is 10.1. The minimum absolute atomic E-state index is 0.157. The van der Waals surface area contributed by atoms with Gasteiger partial charge in [-0.05, 0) is 48.5 Å². The van der Waals surface area contributed by atoms with Crippen molar-refractivity contribution in [3.8, 4) is 0 Å². The third-order valence-electron chi connectivity index (χ3n) is 5.46. The Labute approximate surface area is 205 Å². The van der Waals surface area contributed by atoms with Gasteiger partial charge in [-0.25, -0.2) is 14.3 Å². The summed E-state index contributed by atoms with van der Waals surface area (Å²) in [7, 11) is 0. The van der Waals surface area contributed by atoms with Crippen LogP contribution in [0.2, 0.25) is 0 Å². The number of hydrogen-bond acceptors (Lipinski definition) is 5. The molecule has 0 saturated carbocycles. The Hall–Kier alpha value is -4.86. The number of hydrazine groups is 1. The molecule has 0 bridgehead atoms. The average molecular weight is 488 g/mol. The van der Waals surface area contributed by atoms with Gasteiger partial charge >= 0.3 is 0 Å². The van der Waals surface area contributed by atoms with Gasteiger partial charge in [0.2, 0.25) is 11.8 Å². The molecule has 0 radical (unpaired) electrons. The maximum absolute atomic E-state index is 14.2. The normalized spacial score (nSPS) is 14.9. The third kappa shape index (κ3) is 4.97. The topological polar surface area (TPSA) is 116 Å². The molecular weight excluding hydrogens is 467 g/mol. The van der Waals surface area contributed by atoms with Gasteiger partial charge in [0, 0.05) is 18.2 Å². The second-order valence-electron chi connectivity index (χ2n) is 7.98. The van der Waals surface area contributed by atoms with Crippen LogP contribution in [0.25, 0.3) is 0 Å². The molecule has 1 heterocycles. The molecule has 36 heavy (non-hydrogen) atoms. The summed E-state index contributed by atoms with van der Waals surface area (Å²) >= 11 is 0. The summed E-state index contributed by atoms with van der Waals surface area (Å²) < 4.78 is 14.2. The second kappa shape index (κ2) is 10.2. The van der Waals surface area contributed by atoms with Crippen LogP contribution in [0.3, 0.4) is 0 Å². The predicted octanol–water partition coefficient (Wildman–Crippen LogP) is 2.90. The first kappa shape index (κ1) is 24.3. The first-order valence-corrected chi connectivity index (χ1v) is 10.9. The summed E-state index contributed by atoms with van der Waals surface area (Å²) in [6.07, 6.45) is -0.400. The number of rotatable bonds is 5. The zero-order valence-corrected chi connectivity index (χ0v) is 19.1. The number of imide groups is 1. The maximum Gasteiger partial charge on any atom is 0.273 e. The molecule has 9 nitrogen and oxygen atoms in total. The van der Waals surface area contributed by atoms with Gasteiger partial charge in [-0.2, -0.15) is 0 Å². The monoisotopic (exact) mass is 488 g/mol. The highest BCUT2D eigenvalue weighted by Gasteiger charge is 2.45. The van der Waals surface area contributed by atoms with Gasteiger partial charge in [0.15, 0.2) is 0 Å². The van der Waals surface area contributed by atoms with Crippen molar-refractivity contribution in [3.05, 3.63) is 95.8 Å². The van der Waals surface area contributed by atoms with Crippen LogP contribution in [-0.2, 0) is 14.4 Å². The quantitative estimate of drug-likeness (QED) is 0.423. The summed E-state index contributed by atoms with van der Waals surface area (Å²) in [4.78, 5) is 64.5. The predicted molar refractivity (Wildman–Crippen MR) is 128 cm³/mol. The zero-order chi connectivity index (χ0) is 25.8. The molecule has 5 amide bonds. The van der Waals surface area contributed by atoms with Crippen LogP contribution >= 0.6 is 0 Å². The van der Waals surface area contributed by atoms with Gasteiger partial charge in [-0.1, -0.05) is 30.3 Å². The smallest absolute Gasteiger partial charge is 0.273 e. The van der Waals surface area contributed by atoms with Gasteiger partial charge < -0.3 is 5.32 Å². The van der Waals surface area contributed by atoms with Crippen molar-refractivity contribution in [1.29, 1.82) is 0 Å². The molecule has 1 saturated heterocycles. The molecule has 1 aliphatic heterocycles. The lowest BCUT2D eigenvalue weighted by molar-refractivity contribution is -0.123. The first-order chi connectivity index (χ1) is 17.3. The molecule has 0 spiro atoms. The molecule has 2 N–H and O–H groups in total. The molecule has 0 aliphatic carbocycles. The Morgan fingerprint density at radius 2 is 1.56 bits per heavy atom. The van der Waals surface area contributed by atoms with Crippen molar-refractivity contribution in [1.82, 2.24) is 10.4 Å². The van der Waals surface area contributed by atoms with Crippen molar-refractivity contribution in [3.63, 3.8) is 0 Å². The van der Waals surface area contributed by atoms with Crippen LogP contribution in [0.15, 0.2) is 78.9 Å². The maximum atomic E-state index is 14.2. The van der Waals surface area contributed by atoms with E-state index in [1.807, 2.05) is 0 Å². The highest BCUT2D eigenvalue weighted by molar-refractivity contribution is 6.23. The number of carbonyl (C=O) groups is 5. The Kier molecular flexibility index (Phi) is 6.86. The molecule has 3 aromatic carbocycles. The van der Waals surface area contributed by atoms with E-state index in [0.717, 1.165) is 16.0 Å². The molecule has 3 aromatic rings. The molecule has 10 heteroatoms. The van der Waals surface area contributed by atoms with E-state index in [1.165, 1.54) is 61.5 Å². The molecule has 4 rings (SSSR count). The van der Waals surface area contributed by atoms with Gasteiger partial charge in [-0.15, -0.1) is 0 Å². The van der Waals surface area contributed by atoms with E-state index in [0.29, 0.717) is 5.69 Å². The van der Waals surface area contributed by atoms with Crippen molar-refractivity contribution in [2.45, 2.75) is 19.4 Å². The summed E-state index contributed by atoms with van der Waals surface area (Å²) in [5.74, 6) is -4.12.